The number of guanidine groups is 1. The van der Waals surface area contributed by atoms with Crippen molar-refractivity contribution in [2.75, 3.05) is 33.4 Å². The third-order valence-corrected chi connectivity index (χ3v) is 4.75. The van der Waals surface area contributed by atoms with E-state index in [0.29, 0.717) is 17.7 Å². The summed E-state index contributed by atoms with van der Waals surface area (Å²) >= 11 is 0. The summed E-state index contributed by atoms with van der Waals surface area (Å²) in [6.07, 6.45) is 2.20. The van der Waals surface area contributed by atoms with Crippen LogP contribution in [0.1, 0.15) is 24.0 Å². The standard InChI is InChI=1S/C17H21FN4O.HI/c1-20-16(22-6-4-17(11-22)5-7-23-12-17)21-10-14-8-13(9-19)2-3-15(14)18;/h2-3,8H,4-7,10-12H2,1H3,(H,20,21);1H. The Kier molecular flexibility index (Phi) is 6.40. The Bertz CT molecular complexity index is 652. The zero-order valence-corrected chi connectivity index (χ0v) is 16.0. The van der Waals surface area contributed by atoms with Crippen molar-refractivity contribution >= 4 is 29.9 Å². The van der Waals surface area contributed by atoms with Crippen LogP contribution in [0.25, 0.3) is 0 Å². The number of ether oxygens (including phenoxy) is 1. The summed E-state index contributed by atoms with van der Waals surface area (Å²) in [5.41, 5.74) is 1.19. The van der Waals surface area contributed by atoms with E-state index in [0.717, 1.165) is 45.1 Å². The minimum absolute atomic E-state index is 0. The summed E-state index contributed by atoms with van der Waals surface area (Å²) in [6, 6.07) is 6.43. The van der Waals surface area contributed by atoms with Gasteiger partial charge in [-0.15, -0.1) is 24.0 Å². The fourth-order valence-corrected chi connectivity index (χ4v) is 3.37. The molecule has 1 aromatic carbocycles. The molecule has 3 rings (SSSR count). The Balaban J connectivity index is 0.00000208. The van der Waals surface area contributed by atoms with Gasteiger partial charge in [-0.1, -0.05) is 0 Å². The number of rotatable bonds is 2. The number of hydrogen-bond acceptors (Lipinski definition) is 3. The van der Waals surface area contributed by atoms with Gasteiger partial charge in [0, 0.05) is 44.3 Å². The van der Waals surface area contributed by atoms with Crippen LogP contribution in [0.3, 0.4) is 0 Å². The van der Waals surface area contributed by atoms with E-state index in [-0.39, 0.29) is 35.2 Å². The maximum absolute atomic E-state index is 13.9. The number of nitriles is 1. The van der Waals surface area contributed by atoms with Gasteiger partial charge in [-0.25, -0.2) is 4.39 Å². The van der Waals surface area contributed by atoms with Crippen molar-refractivity contribution in [3.05, 3.63) is 35.1 Å². The molecule has 1 aromatic rings. The average Bonchev–Trinajstić information content (AvgIpc) is 3.20. The van der Waals surface area contributed by atoms with Crippen molar-refractivity contribution < 1.29 is 9.13 Å². The zero-order chi connectivity index (χ0) is 16.3. The molecule has 0 bridgehead atoms. The van der Waals surface area contributed by atoms with Crippen LogP contribution in [-0.4, -0.2) is 44.2 Å². The Morgan fingerprint density at radius 2 is 2.33 bits per heavy atom. The molecule has 24 heavy (non-hydrogen) atoms. The molecule has 2 heterocycles. The first-order chi connectivity index (χ1) is 11.2. The van der Waals surface area contributed by atoms with Gasteiger partial charge in [-0.3, -0.25) is 4.99 Å². The van der Waals surface area contributed by atoms with Crippen molar-refractivity contribution in [2.24, 2.45) is 10.4 Å². The second kappa shape index (κ2) is 8.12. The molecule has 1 N–H and O–H groups in total. The molecular formula is C17H22FIN4O. The van der Waals surface area contributed by atoms with Crippen LogP contribution in [-0.2, 0) is 11.3 Å². The van der Waals surface area contributed by atoms with E-state index >= 15 is 0 Å². The predicted octanol–water partition coefficient (Wildman–Crippen LogP) is 2.50. The summed E-state index contributed by atoms with van der Waals surface area (Å²) in [4.78, 5) is 6.52. The summed E-state index contributed by atoms with van der Waals surface area (Å²) in [5.74, 6) is 0.463. The highest BCUT2D eigenvalue weighted by molar-refractivity contribution is 14.0. The molecule has 1 spiro atoms. The number of nitrogens with zero attached hydrogens (tertiary/aromatic N) is 3. The number of aliphatic imine (C=N–C) groups is 1. The van der Waals surface area contributed by atoms with Crippen molar-refractivity contribution in [1.82, 2.24) is 10.2 Å². The van der Waals surface area contributed by atoms with E-state index in [4.69, 9.17) is 10.00 Å². The quantitative estimate of drug-likeness (QED) is 0.433. The molecule has 130 valence electrons. The number of nitrogens with one attached hydrogen (secondary N) is 1. The fraction of sp³-hybridized carbons (Fsp3) is 0.529. The van der Waals surface area contributed by atoms with Gasteiger partial charge in [-0.05, 0) is 31.0 Å². The first kappa shape index (κ1) is 18.9. The second-order valence-electron chi connectivity index (χ2n) is 6.29. The minimum atomic E-state index is -0.311. The minimum Gasteiger partial charge on any atom is -0.381 e. The molecular weight excluding hydrogens is 422 g/mol. The summed E-state index contributed by atoms with van der Waals surface area (Å²) in [5, 5.41) is 12.1. The SMILES string of the molecule is CN=C(NCc1cc(C#N)ccc1F)N1CCC2(CCOC2)C1.I. The van der Waals surface area contributed by atoms with E-state index in [1.54, 1.807) is 13.1 Å². The molecule has 7 heteroatoms. The Hall–Kier alpha value is -1.40. The smallest absolute Gasteiger partial charge is 0.193 e. The fourth-order valence-electron chi connectivity index (χ4n) is 3.37. The predicted molar refractivity (Wildman–Crippen MR) is 101 cm³/mol. The molecule has 0 aromatic heterocycles. The van der Waals surface area contributed by atoms with Crippen LogP contribution in [0, 0.1) is 22.6 Å². The van der Waals surface area contributed by atoms with E-state index < -0.39 is 0 Å². The summed E-state index contributed by atoms with van der Waals surface area (Å²) in [7, 11) is 1.74. The second-order valence-corrected chi connectivity index (χ2v) is 6.29. The molecule has 5 nitrogen and oxygen atoms in total. The van der Waals surface area contributed by atoms with Gasteiger partial charge >= 0.3 is 0 Å². The molecule has 1 atom stereocenters. The van der Waals surface area contributed by atoms with E-state index in [9.17, 15) is 4.39 Å². The lowest BCUT2D eigenvalue weighted by Crippen LogP contribution is -2.41. The number of halogens is 2. The molecule has 0 saturated carbocycles. The molecule has 0 radical (unpaired) electrons. The largest absolute Gasteiger partial charge is 0.381 e. The van der Waals surface area contributed by atoms with Gasteiger partial charge in [0.25, 0.3) is 0 Å². The summed E-state index contributed by atoms with van der Waals surface area (Å²) in [6.45, 7) is 3.83. The Labute approximate surface area is 158 Å². The first-order valence-corrected chi connectivity index (χ1v) is 7.88. The topological polar surface area (TPSA) is 60.7 Å². The third kappa shape index (κ3) is 3.98. The monoisotopic (exact) mass is 444 g/mol. The van der Waals surface area contributed by atoms with E-state index in [2.05, 4.69) is 15.2 Å². The van der Waals surface area contributed by atoms with Crippen molar-refractivity contribution in [3.8, 4) is 6.07 Å². The highest BCUT2D eigenvalue weighted by Crippen LogP contribution is 2.38. The van der Waals surface area contributed by atoms with Gasteiger partial charge in [-0.2, -0.15) is 5.26 Å². The molecule has 1 unspecified atom stereocenters. The highest BCUT2D eigenvalue weighted by atomic mass is 127. The van der Waals surface area contributed by atoms with Crippen molar-refractivity contribution in [3.63, 3.8) is 0 Å². The molecule has 0 aliphatic carbocycles. The van der Waals surface area contributed by atoms with Gasteiger partial charge in [0.05, 0.1) is 18.2 Å². The Morgan fingerprint density at radius 1 is 1.50 bits per heavy atom. The van der Waals surface area contributed by atoms with Gasteiger partial charge in [0.2, 0.25) is 0 Å². The van der Waals surface area contributed by atoms with Crippen LogP contribution < -0.4 is 5.32 Å². The number of likely N-dealkylation sites (tertiary alicyclic amines) is 1. The molecule has 2 fully saturated rings. The lowest BCUT2D eigenvalue weighted by atomic mass is 9.87. The van der Waals surface area contributed by atoms with E-state index in [1.807, 2.05) is 6.07 Å². The highest BCUT2D eigenvalue weighted by Gasteiger charge is 2.42. The van der Waals surface area contributed by atoms with Gasteiger partial charge in [0.1, 0.15) is 5.82 Å². The number of benzene rings is 1. The number of hydrogen-bond donors (Lipinski definition) is 1. The molecule has 2 saturated heterocycles. The van der Waals surface area contributed by atoms with Crippen LogP contribution >= 0.6 is 24.0 Å². The van der Waals surface area contributed by atoms with Gasteiger partial charge < -0.3 is 15.0 Å². The van der Waals surface area contributed by atoms with Crippen LogP contribution in [0.2, 0.25) is 0 Å². The molecule has 2 aliphatic rings. The third-order valence-electron chi connectivity index (χ3n) is 4.75. The lowest BCUT2D eigenvalue weighted by Gasteiger charge is -2.25. The maximum atomic E-state index is 13.9. The molecule has 0 amide bonds. The average molecular weight is 444 g/mol. The maximum Gasteiger partial charge on any atom is 0.193 e. The van der Waals surface area contributed by atoms with Crippen LogP contribution in [0.15, 0.2) is 23.2 Å². The normalized spacial score (nSPS) is 23.2. The zero-order valence-electron chi connectivity index (χ0n) is 13.7. The van der Waals surface area contributed by atoms with Crippen LogP contribution in [0.4, 0.5) is 4.39 Å². The van der Waals surface area contributed by atoms with Crippen molar-refractivity contribution in [1.29, 1.82) is 5.26 Å². The van der Waals surface area contributed by atoms with Crippen LogP contribution in [0.5, 0.6) is 0 Å². The van der Waals surface area contributed by atoms with Crippen molar-refractivity contribution in [2.45, 2.75) is 19.4 Å². The van der Waals surface area contributed by atoms with Gasteiger partial charge in [0.15, 0.2) is 5.96 Å². The first-order valence-electron chi connectivity index (χ1n) is 7.88. The summed E-state index contributed by atoms with van der Waals surface area (Å²) < 4.78 is 19.4. The van der Waals surface area contributed by atoms with E-state index in [1.165, 1.54) is 12.1 Å². The lowest BCUT2D eigenvalue weighted by molar-refractivity contribution is 0.156. The Morgan fingerprint density at radius 3 is 3.00 bits per heavy atom. The molecule has 2 aliphatic heterocycles.